The lowest BCUT2D eigenvalue weighted by Gasteiger charge is -2.08. The summed E-state index contributed by atoms with van der Waals surface area (Å²) in [5.74, 6) is 0.348. The maximum atomic E-state index is 11.4. The van der Waals surface area contributed by atoms with Crippen LogP contribution in [0.1, 0.15) is 12.5 Å². The van der Waals surface area contributed by atoms with Crippen molar-refractivity contribution in [3.05, 3.63) is 53.2 Å². The van der Waals surface area contributed by atoms with Crippen molar-refractivity contribution in [3.8, 4) is 0 Å². The molecule has 1 heterocycles. The standard InChI is InChI=1S/C15H18ClN3O2S/c1-2-22(20,21)19-15-8-7-14(11-18-15)17-10-9-12-3-5-13(16)6-4-12/h3-8,11,17H,2,9-10H2,1H3,(H,18,19). The topological polar surface area (TPSA) is 71.1 Å². The molecule has 0 amide bonds. The highest BCUT2D eigenvalue weighted by Crippen LogP contribution is 2.12. The zero-order chi connectivity index (χ0) is 16.0. The summed E-state index contributed by atoms with van der Waals surface area (Å²) in [4.78, 5) is 4.08. The molecule has 0 spiro atoms. The summed E-state index contributed by atoms with van der Waals surface area (Å²) in [5.41, 5.74) is 2.03. The van der Waals surface area contributed by atoms with Gasteiger partial charge in [-0.25, -0.2) is 13.4 Å². The minimum absolute atomic E-state index is 0.0236. The molecule has 2 aromatic rings. The third-order valence-corrected chi connectivity index (χ3v) is 4.59. The summed E-state index contributed by atoms with van der Waals surface area (Å²) in [7, 11) is -3.29. The van der Waals surface area contributed by atoms with Crippen molar-refractivity contribution in [1.29, 1.82) is 0 Å². The lowest BCUT2D eigenvalue weighted by atomic mass is 10.1. The number of halogens is 1. The maximum absolute atomic E-state index is 11.4. The number of aromatic nitrogens is 1. The Balaban J connectivity index is 1.85. The highest BCUT2D eigenvalue weighted by Gasteiger charge is 2.07. The van der Waals surface area contributed by atoms with Crippen LogP contribution in [0, 0.1) is 0 Å². The predicted molar refractivity (Wildman–Crippen MR) is 91.0 cm³/mol. The van der Waals surface area contributed by atoms with E-state index in [9.17, 15) is 8.42 Å². The summed E-state index contributed by atoms with van der Waals surface area (Å²) in [6.45, 7) is 2.33. The summed E-state index contributed by atoms with van der Waals surface area (Å²) in [5, 5.41) is 3.97. The van der Waals surface area contributed by atoms with Crippen molar-refractivity contribution in [3.63, 3.8) is 0 Å². The molecule has 7 heteroatoms. The number of anilines is 2. The van der Waals surface area contributed by atoms with Gasteiger partial charge in [-0.15, -0.1) is 0 Å². The van der Waals surface area contributed by atoms with Crippen molar-refractivity contribution in [2.24, 2.45) is 0 Å². The van der Waals surface area contributed by atoms with E-state index in [-0.39, 0.29) is 5.75 Å². The monoisotopic (exact) mass is 339 g/mol. The largest absolute Gasteiger partial charge is 0.383 e. The normalized spacial score (nSPS) is 11.2. The zero-order valence-corrected chi connectivity index (χ0v) is 13.8. The Morgan fingerprint density at radius 3 is 2.45 bits per heavy atom. The number of pyridine rings is 1. The highest BCUT2D eigenvalue weighted by molar-refractivity contribution is 7.92. The molecule has 0 bridgehead atoms. The minimum atomic E-state index is -3.29. The van der Waals surface area contributed by atoms with Crippen molar-refractivity contribution in [2.75, 3.05) is 22.3 Å². The first-order chi connectivity index (χ1) is 10.5. The lowest BCUT2D eigenvalue weighted by Crippen LogP contribution is -2.15. The molecule has 0 fully saturated rings. The minimum Gasteiger partial charge on any atom is -0.383 e. The number of hydrogen-bond donors (Lipinski definition) is 2. The third-order valence-electron chi connectivity index (χ3n) is 3.06. The van der Waals surface area contributed by atoms with E-state index in [1.165, 1.54) is 5.56 Å². The molecule has 0 atom stereocenters. The van der Waals surface area contributed by atoms with E-state index in [1.54, 1.807) is 25.3 Å². The second kappa shape index (κ2) is 7.47. The Kier molecular flexibility index (Phi) is 5.63. The molecular formula is C15H18ClN3O2S. The van der Waals surface area contributed by atoms with Gasteiger partial charge in [0.25, 0.3) is 0 Å². The van der Waals surface area contributed by atoms with E-state index in [4.69, 9.17) is 11.6 Å². The molecule has 0 radical (unpaired) electrons. The second-order valence-corrected chi connectivity index (χ2v) is 7.19. The zero-order valence-electron chi connectivity index (χ0n) is 12.2. The molecule has 118 valence electrons. The fourth-order valence-corrected chi connectivity index (χ4v) is 2.50. The first kappa shape index (κ1) is 16.6. The smallest absolute Gasteiger partial charge is 0.233 e. The molecule has 1 aromatic carbocycles. The fraction of sp³-hybridized carbons (Fsp3) is 0.267. The molecule has 0 aliphatic rings. The van der Waals surface area contributed by atoms with Gasteiger partial charge >= 0.3 is 0 Å². The van der Waals surface area contributed by atoms with E-state index < -0.39 is 10.0 Å². The average molecular weight is 340 g/mol. The van der Waals surface area contributed by atoms with Gasteiger partial charge in [-0.05, 0) is 43.2 Å². The Bertz CT molecular complexity index is 701. The van der Waals surface area contributed by atoms with E-state index in [0.29, 0.717) is 5.82 Å². The van der Waals surface area contributed by atoms with Crippen LogP contribution in [0.25, 0.3) is 0 Å². The molecule has 22 heavy (non-hydrogen) atoms. The van der Waals surface area contributed by atoms with Crippen LogP contribution in [0.5, 0.6) is 0 Å². The van der Waals surface area contributed by atoms with E-state index in [1.807, 2.05) is 24.3 Å². The van der Waals surface area contributed by atoms with Crippen LogP contribution in [-0.4, -0.2) is 25.7 Å². The van der Waals surface area contributed by atoms with Crippen LogP contribution in [-0.2, 0) is 16.4 Å². The number of nitrogens with one attached hydrogen (secondary N) is 2. The Hall–Kier alpha value is -1.79. The average Bonchev–Trinajstić information content (AvgIpc) is 2.51. The number of nitrogens with zero attached hydrogens (tertiary/aromatic N) is 1. The quantitative estimate of drug-likeness (QED) is 0.813. The second-order valence-electron chi connectivity index (χ2n) is 4.74. The van der Waals surface area contributed by atoms with E-state index >= 15 is 0 Å². The summed E-state index contributed by atoms with van der Waals surface area (Å²) < 4.78 is 25.3. The van der Waals surface area contributed by atoms with E-state index in [0.717, 1.165) is 23.7 Å². The molecule has 1 aromatic heterocycles. The SMILES string of the molecule is CCS(=O)(=O)Nc1ccc(NCCc2ccc(Cl)cc2)cn1. The van der Waals surface area contributed by atoms with Crippen LogP contribution in [0.15, 0.2) is 42.6 Å². The van der Waals surface area contributed by atoms with Gasteiger partial charge < -0.3 is 5.32 Å². The van der Waals surface area contributed by atoms with Crippen LogP contribution in [0.4, 0.5) is 11.5 Å². The fourth-order valence-electron chi connectivity index (χ4n) is 1.79. The van der Waals surface area contributed by atoms with Crippen molar-refractivity contribution < 1.29 is 8.42 Å². The Labute approximate surface area is 135 Å². The molecule has 0 aliphatic heterocycles. The van der Waals surface area contributed by atoms with Crippen LogP contribution < -0.4 is 10.0 Å². The number of hydrogen-bond acceptors (Lipinski definition) is 4. The molecule has 0 aliphatic carbocycles. The number of rotatable bonds is 7. The third kappa shape index (κ3) is 5.20. The predicted octanol–water partition coefficient (Wildman–Crippen LogP) is 3.15. The van der Waals surface area contributed by atoms with Gasteiger partial charge in [0.2, 0.25) is 10.0 Å². The van der Waals surface area contributed by atoms with Gasteiger partial charge in [0, 0.05) is 11.6 Å². The lowest BCUT2D eigenvalue weighted by molar-refractivity contribution is 0.602. The Morgan fingerprint density at radius 2 is 1.86 bits per heavy atom. The summed E-state index contributed by atoms with van der Waals surface area (Å²) in [6.07, 6.45) is 2.47. The highest BCUT2D eigenvalue weighted by atomic mass is 35.5. The van der Waals surface area contributed by atoms with Gasteiger partial charge in [0.15, 0.2) is 0 Å². The summed E-state index contributed by atoms with van der Waals surface area (Å²) in [6, 6.07) is 11.1. The van der Waals surface area contributed by atoms with Gasteiger partial charge in [-0.3, -0.25) is 4.72 Å². The Morgan fingerprint density at radius 1 is 1.14 bits per heavy atom. The maximum Gasteiger partial charge on any atom is 0.233 e. The van der Waals surface area contributed by atoms with Gasteiger partial charge in [0.05, 0.1) is 17.6 Å². The van der Waals surface area contributed by atoms with Gasteiger partial charge in [0.1, 0.15) is 5.82 Å². The molecule has 2 rings (SSSR count). The van der Waals surface area contributed by atoms with Crippen LogP contribution >= 0.6 is 11.6 Å². The summed E-state index contributed by atoms with van der Waals surface area (Å²) >= 11 is 5.84. The molecule has 0 saturated heterocycles. The molecule has 0 saturated carbocycles. The van der Waals surface area contributed by atoms with Crippen LogP contribution in [0.3, 0.4) is 0 Å². The molecule has 2 N–H and O–H groups in total. The van der Waals surface area contributed by atoms with Crippen molar-refractivity contribution in [1.82, 2.24) is 4.98 Å². The number of sulfonamides is 1. The van der Waals surface area contributed by atoms with Gasteiger partial charge in [-0.1, -0.05) is 23.7 Å². The molecule has 0 unspecified atom stereocenters. The number of benzene rings is 1. The van der Waals surface area contributed by atoms with Crippen molar-refractivity contribution >= 4 is 33.1 Å². The molecule has 5 nitrogen and oxygen atoms in total. The van der Waals surface area contributed by atoms with Crippen molar-refractivity contribution in [2.45, 2.75) is 13.3 Å². The first-order valence-corrected chi connectivity index (χ1v) is 8.96. The van der Waals surface area contributed by atoms with E-state index in [2.05, 4.69) is 15.0 Å². The van der Waals surface area contributed by atoms with Gasteiger partial charge in [-0.2, -0.15) is 0 Å². The van der Waals surface area contributed by atoms with Crippen LogP contribution in [0.2, 0.25) is 5.02 Å². The first-order valence-electron chi connectivity index (χ1n) is 6.93. The molecular weight excluding hydrogens is 322 g/mol.